The first-order valence-corrected chi connectivity index (χ1v) is 3.68. The second-order valence-electron chi connectivity index (χ2n) is 2.47. The Morgan fingerprint density at radius 2 is 2.50 bits per heavy atom. The normalized spacial score (nSPS) is 12.9. The minimum Gasteiger partial charge on any atom is -0.385 e. The lowest BCUT2D eigenvalue weighted by atomic mass is 10.2. The van der Waals surface area contributed by atoms with Gasteiger partial charge in [-0.05, 0) is 19.2 Å². The molecule has 0 aliphatic heterocycles. The topological polar surface area (TPSA) is 45.1 Å². The number of nitrogens with one attached hydrogen (secondary N) is 1. The van der Waals surface area contributed by atoms with E-state index in [1.807, 2.05) is 0 Å². The Bertz CT molecular complexity index is 255. The minimum atomic E-state index is -0.745. The van der Waals surface area contributed by atoms with Crippen molar-refractivity contribution in [3.63, 3.8) is 0 Å². The zero-order valence-corrected chi connectivity index (χ0v) is 6.79. The first kappa shape index (κ1) is 9.09. The predicted molar refractivity (Wildman–Crippen MR) is 43.1 cm³/mol. The van der Waals surface area contributed by atoms with Gasteiger partial charge in [0.05, 0.1) is 5.69 Å². The van der Waals surface area contributed by atoms with Crippen molar-refractivity contribution in [2.75, 3.05) is 13.6 Å². The average Bonchev–Trinajstić information content (AvgIpc) is 2.05. The van der Waals surface area contributed by atoms with Crippen molar-refractivity contribution < 1.29 is 9.50 Å². The summed E-state index contributed by atoms with van der Waals surface area (Å²) in [5.41, 5.74) is 0.351. The Balaban J connectivity index is 2.73. The van der Waals surface area contributed by atoms with Crippen LogP contribution in [0.1, 0.15) is 11.8 Å². The molecule has 1 aromatic heterocycles. The molecule has 1 aromatic rings. The van der Waals surface area contributed by atoms with Gasteiger partial charge in [-0.15, -0.1) is 0 Å². The molecule has 1 unspecified atom stereocenters. The zero-order chi connectivity index (χ0) is 8.97. The number of hydrogen-bond acceptors (Lipinski definition) is 3. The third kappa shape index (κ3) is 2.25. The van der Waals surface area contributed by atoms with Gasteiger partial charge < -0.3 is 10.4 Å². The molecule has 3 nitrogen and oxygen atoms in total. The Hall–Kier alpha value is -1.00. The Labute approximate surface area is 70.3 Å². The summed E-state index contributed by atoms with van der Waals surface area (Å²) in [5.74, 6) is -0.379. The van der Waals surface area contributed by atoms with E-state index in [2.05, 4.69) is 10.3 Å². The molecule has 0 saturated heterocycles. The highest BCUT2D eigenvalue weighted by atomic mass is 19.1. The van der Waals surface area contributed by atoms with Crippen LogP contribution >= 0.6 is 0 Å². The molecule has 1 heterocycles. The van der Waals surface area contributed by atoms with Crippen LogP contribution in [-0.2, 0) is 0 Å². The van der Waals surface area contributed by atoms with Crippen LogP contribution in [0, 0.1) is 5.82 Å². The molecule has 0 saturated carbocycles. The first-order valence-electron chi connectivity index (χ1n) is 3.68. The van der Waals surface area contributed by atoms with Gasteiger partial charge in [0.25, 0.3) is 0 Å². The van der Waals surface area contributed by atoms with Crippen molar-refractivity contribution in [3.05, 3.63) is 29.8 Å². The fourth-order valence-corrected chi connectivity index (χ4v) is 0.901. The van der Waals surface area contributed by atoms with E-state index in [0.29, 0.717) is 12.2 Å². The number of hydrogen-bond donors (Lipinski definition) is 2. The molecule has 0 amide bonds. The standard InChI is InChI=1S/C8H11FN2O/c1-10-5-8(12)7-4-6(9)2-3-11-7/h2-4,8,10,12H,5H2,1H3. The summed E-state index contributed by atoms with van der Waals surface area (Å²) in [7, 11) is 1.71. The fourth-order valence-electron chi connectivity index (χ4n) is 0.901. The third-order valence-corrected chi connectivity index (χ3v) is 1.48. The number of nitrogens with zero attached hydrogens (tertiary/aromatic N) is 1. The minimum absolute atomic E-state index is 0.351. The van der Waals surface area contributed by atoms with Gasteiger partial charge in [-0.1, -0.05) is 0 Å². The molecular formula is C8H11FN2O. The highest BCUT2D eigenvalue weighted by molar-refractivity contribution is 5.08. The van der Waals surface area contributed by atoms with Crippen molar-refractivity contribution in [1.29, 1.82) is 0 Å². The average molecular weight is 170 g/mol. The van der Waals surface area contributed by atoms with Crippen molar-refractivity contribution >= 4 is 0 Å². The van der Waals surface area contributed by atoms with Gasteiger partial charge in [0, 0.05) is 12.7 Å². The summed E-state index contributed by atoms with van der Waals surface area (Å²) in [5, 5.41) is 12.1. The van der Waals surface area contributed by atoms with E-state index < -0.39 is 6.10 Å². The molecule has 1 atom stereocenters. The molecule has 12 heavy (non-hydrogen) atoms. The first-order chi connectivity index (χ1) is 5.74. The predicted octanol–water partition coefficient (Wildman–Crippen LogP) is 0.474. The SMILES string of the molecule is CNCC(O)c1cc(F)ccn1. The lowest BCUT2D eigenvalue weighted by molar-refractivity contribution is 0.172. The van der Waals surface area contributed by atoms with E-state index in [-0.39, 0.29) is 5.82 Å². The lowest BCUT2D eigenvalue weighted by Crippen LogP contribution is -2.17. The number of rotatable bonds is 3. The van der Waals surface area contributed by atoms with E-state index in [1.54, 1.807) is 7.05 Å². The summed E-state index contributed by atoms with van der Waals surface area (Å²) in [6, 6.07) is 2.47. The highest BCUT2D eigenvalue weighted by Crippen LogP contribution is 2.09. The van der Waals surface area contributed by atoms with Crippen molar-refractivity contribution in [2.24, 2.45) is 0 Å². The molecule has 2 N–H and O–H groups in total. The van der Waals surface area contributed by atoms with Gasteiger partial charge in [0.15, 0.2) is 0 Å². The molecule has 0 aliphatic carbocycles. The second-order valence-corrected chi connectivity index (χ2v) is 2.47. The number of halogens is 1. The maximum absolute atomic E-state index is 12.6. The number of pyridine rings is 1. The number of aromatic nitrogens is 1. The summed E-state index contributed by atoms with van der Waals surface area (Å²) in [6.45, 7) is 0.371. The van der Waals surface area contributed by atoms with Gasteiger partial charge in [0.2, 0.25) is 0 Å². The highest BCUT2D eigenvalue weighted by Gasteiger charge is 2.07. The van der Waals surface area contributed by atoms with Crippen molar-refractivity contribution in [2.45, 2.75) is 6.10 Å². The summed E-state index contributed by atoms with van der Waals surface area (Å²) in [4.78, 5) is 3.83. The Morgan fingerprint density at radius 1 is 1.75 bits per heavy atom. The van der Waals surface area contributed by atoms with E-state index >= 15 is 0 Å². The number of aliphatic hydroxyl groups is 1. The number of likely N-dealkylation sites (N-methyl/N-ethyl adjacent to an activating group) is 1. The monoisotopic (exact) mass is 170 g/mol. The Kier molecular flexibility index (Phi) is 3.13. The fraction of sp³-hybridized carbons (Fsp3) is 0.375. The molecule has 0 aliphatic rings. The van der Waals surface area contributed by atoms with Crippen molar-refractivity contribution in [3.8, 4) is 0 Å². The number of aliphatic hydroxyl groups excluding tert-OH is 1. The van der Waals surface area contributed by atoms with Gasteiger partial charge in [0.1, 0.15) is 11.9 Å². The summed E-state index contributed by atoms with van der Waals surface area (Å²) < 4.78 is 12.6. The van der Waals surface area contributed by atoms with E-state index in [4.69, 9.17) is 0 Å². The molecule has 0 radical (unpaired) electrons. The van der Waals surface area contributed by atoms with Crippen molar-refractivity contribution in [1.82, 2.24) is 10.3 Å². The molecule has 4 heteroatoms. The van der Waals surface area contributed by atoms with E-state index in [0.717, 1.165) is 0 Å². The molecular weight excluding hydrogens is 159 g/mol. The van der Waals surface area contributed by atoms with Gasteiger partial charge in [-0.3, -0.25) is 4.98 Å². The molecule has 0 spiro atoms. The second kappa shape index (κ2) is 4.13. The molecule has 0 fully saturated rings. The lowest BCUT2D eigenvalue weighted by Gasteiger charge is -2.08. The van der Waals surface area contributed by atoms with E-state index in [9.17, 15) is 9.50 Å². The van der Waals surface area contributed by atoms with Crippen LogP contribution in [-0.4, -0.2) is 23.7 Å². The van der Waals surface area contributed by atoms with Crippen LogP contribution < -0.4 is 5.32 Å². The molecule has 0 bridgehead atoms. The van der Waals surface area contributed by atoms with Gasteiger partial charge in [-0.25, -0.2) is 4.39 Å². The van der Waals surface area contributed by atoms with Crippen LogP contribution in [0.3, 0.4) is 0 Å². The quantitative estimate of drug-likeness (QED) is 0.693. The maximum atomic E-state index is 12.6. The van der Waals surface area contributed by atoms with Crippen LogP contribution in [0.5, 0.6) is 0 Å². The molecule has 1 rings (SSSR count). The van der Waals surface area contributed by atoms with Crippen LogP contribution in [0.15, 0.2) is 18.3 Å². The van der Waals surface area contributed by atoms with Crippen LogP contribution in [0.25, 0.3) is 0 Å². The van der Waals surface area contributed by atoms with E-state index in [1.165, 1.54) is 18.3 Å². The van der Waals surface area contributed by atoms with Gasteiger partial charge >= 0.3 is 0 Å². The van der Waals surface area contributed by atoms with Gasteiger partial charge in [-0.2, -0.15) is 0 Å². The molecule has 66 valence electrons. The molecule has 0 aromatic carbocycles. The largest absolute Gasteiger partial charge is 0.385 e. The third-order valence-electron chi connectivity index (χ3n) is 1.48. The van der Waals surface area contributed by atoms with Crippen LogP contribution in [0.4, 0.5) is 4.39 Å². The maximum Gasteiger partial charge on any atom is 0.126 e. The Morgan fingerprint density at radius 3 is 3.08 bits per heavy atom. The summed E-state index contributed by atoms with van der Waals surface area (Å²) in [6.07, 6.45) is 0.592. The smallest absolute Gasteiger partial charge is 0.126 e. The zero-order valence-electron chi connectivity index (χ0n) is 6.79. The summed E-state index contributed by atoms with van der Waals surface area (Å²) >= 11 is 0. The van der Waals surface area contributed by atoms with Crippen LogP contribution in [0.2, 0.25) is 0 Å².